The van der Waals surface area contributed by atoms with Crippen LogP contribution in [-0.2, 0) is 4.74 Å². The second-order valence-electron chi connectivity index (χ2n) is 3.17. The van der Waals surface area contributed by atoms with E-state index in [1.807, 2.05) is 0 Å². The number of benzene rings is 1. The van der Waals surface area contributed by atoms with Gasteiger partial charge in [0.05, 0.1) is 11.0 Å². The van der Waals surface area contributed by atoms with E-state index in [2.05, 4.69) is 9.72 Å². The van der Waals surface area contributed by atoms with Crippen molar-refractivity contribution in [3.8, 4) is 0 Å². The normalized spacial score (nSPS) is 12.9. The molecule has 0 saturated heterocycles. The average molecular weight is 244 g/mol. The minimum atomic E-state index is -3.37. The predicted molar refractivity (Wildman–Crippen MR) is 52.5 cm³/mol. The lowest BCUT2D eigenvalue weighted by Crippen LogP contribution is -2.23. The zero-order valence-corrected chi connectivity index (χ0v) is 8.39. The van der Waals surface area contributed by atoms with Gasteiger partial charge in [-0.2, -0.15) is 4.39 Å². The molecule has 0 spiro atoms. The monoisotopic (exact) mass is 244 g/mol. The molecule has 1 aromatic heterocycles. The molecule has 0 N–H and O–H groups in total. The van der Waals surface area contributed by atoms with E-state index in [1.54, 1.807) is 24.3 Å². The molecular weight excluding hydrogens is 237 g/mol. The lowest BCUT2D eigenvalue weighted by Gasteiger charge is -2.09. The fraction of sp³-hybridized carbons (Fsp3) is 0.200. The van der Waals surface area contributed by atoms with Crippen LogP contribution in [0.3, 0.4) is 0 Å². The van der Waals surface area contributed by atoms with Crippen LogP contribution < -0.4 is 0 Å². The number of para-hydroxylation sites is 2. The van der Waals surface area contributed by atoms with Crippen molar-refractivity contribution in [2.45, 2.75) is 12.8 Å². The Kier molecular flexibility index (Phi) is 2.99. The molecule has 0 saturated carbocycles. The second kappa shape index (κ2) is 4.44. The molecule has 1 atom stereocenters. The fourth-order valence-electron chi connectivity index (χ4n) is 1.31. The number of imidazole rings is 1. The first-order chi connectivity index (χ1) is 8.09. The molecule has 4 nitrogen and oxygen atoms in total. The average Bonchev–Trinajstić information content (AvgIpc) is 2.72. The maximum Gasteiger partial charge on any atom is 0.422 e. The Bertz CT molecular complexity index is 541. The van der Waals surface area contributed by atoms with Crippen molar-refractivity contribution >= 4 is 17.1 Å². The Morgan fingerprint density at radius 1 is 1.29 bits per heavy atom. The zero-order valence-electron chi connectivity index (χ0n) is 8.39. The summed E-state index contributed by atoms with van der Waals surface area (Å²) in [6, 6.07) is 6.49. The van der Waals surface area contributed by atoms with Gasteiger partial charge in [0.1, 0.15) is 6.33 Å². The molecule has 17 heavy (non-hydrogen) atoms. The molecule has 1 heterocycles. The summed E-state index contributed by atoms with van der Waals surface area (Å²) in [6.07, 6.45) is -6.45. The highest BCUT2D eigenvalue weighted by atomic mass is 19.3. The molecule has 1 unspecified atom stereocenters. The first-order valence-electron chi connectivity index (χ1n) is 4.65. The number of fused-ring (bicyclic) bond motifs is 1. The molecule has 0 radical (unpaired) electrons. The van der Waals surface area contributed by atoms with Gasteiger partial charge in [-0.25, -0.2) is 23.1 Å². The Balaban J connectivity index is 2.25. The van der Waals surface area contributed by atoms with Gasteiger partial charge in [-0.05, 0) is 12.1 Å². The van der Waals surface area contributed by atoms with Crippen molar-refractivity contribution in [2.75, 3.05) is 0 Å². The molecule has 0 fully saturated rings. The van der Waals surface area contributed by atoms with Crippen LogP contribution in [0.1, 0.15) is 0 Å². The quantitative estimate of drug-likeness (QED) is 0.815. The topological polar surface area (TPSA) is 44.1 Å². The van der Waals surface area contributed by atoms with E-state index in [1.165, 1.54) is 0 Å². The Hall–Kier alpha value is -2.05. The highest BCUT2D eigenvalue weighted by Gasteiger charge is 2.24. The highest BCUT2D eigenvalue weighted by Crippen LogP contribution is 2.14. The lowest BCUT2D eigenvalue weighted by molar-refractivity contribution is -0.0897. The SMILES string of the molecule is O=C(OC(F)C(F)F)n1cnc2ccccc21. The van der Waals surface area contributed by atoms with Gasteiger partial charge >= 0.3 is 18.9 Å². The number of ether oxygens (including phenoxy) is 1. The summed E-state index contributed by atoms with van der Waals surface area (Å²) in [7, 11) is 0. The molecule has 0 bridgehead atoms. The van der Waals surface area contributed by atoms with Crippen LogP contribution in [0.5, 0.6) is 0 Å². The Morgan fingerprint density at radius 3 is 2.71 bits per heavy atom. The summed E-state index contributed by atoms with van der Waals surface area (Å²) in [5.41, 5.74) is 0.843. The molecular formula is C10H7F3N2O2. The summed E-state index contributed by atoms with van der Waals surface area (Å²) in [5.74, 6) is 0. The number of halogens is 3. The Labute approximate surface area is 93.6 Å². The lowest BCUT2D eigenvalue weighted by atomic mass is 10.3. The van der Waals surface area contributed by atoms with Crippen molar-refractivity contribution in [2.24, 2.45) is 0 Å². The van der Waals surface area contributed by atoms with Gasteiger partial charge in [0.25, 0.3) is 0 Å². The molecule has 0 amide bonds. The summed E-state index contributed by atoms with van der Waals surface area (Å²) in [5, 5.41) is 0. The van der Waals surface area contributed by atoms with Crippen LogP contribution in [0.2, 0.25) is 0 Å². The van der Waals surface area contributed by atoms with Gasteiger partial charge in [0, 0.05) is 0 Å². The number of hydrogen-bond donors (Lipinski definition) is 0. The van der Waals surface area contributed by atoms with Gasteiger partial charge in [-0.3, -0.25) is 0 Å². The number of nitrogens with zero attached hydrogens (tertiary/aromatic N) is 2. The molecule has 90 valence electrons. The summed E-state index contributed by atoms with van der Waals surface area (Å²) >= 11 is 0. The van der Waals surface area contributed by atoms with Gasteiger partial charge in [0.2, 0.25) is 0 Å². The second-order valence-corrected chi connectivity index (χ2v) is 3.17. The van der Waals surface area contributed by atoms with Crippen LogP contribution in [0.4, 0.5) is 18.0 Å². The maximum absolute atomic E-state index is 12.5. The predicted octanol–water partition coefficient (Wildman–Crippen LogP) is 2.58. The van der Waals surface area contributed by atoms with Crippen LogP contribution >= 0.6 is 0 Å². The molecule has 2 rings (SSSR count). The smallest absolute Gasteiger partial charge is 0.408 e. The minimum Gasteiger partial charge on any atom is -0.408 e. The molecule has 0 aliphatic heterocycles. The molecule has 0 aliphatic carbocycles. The minimum absolute atomic E-state index is 0.360. The van der Waals surface area contributed by atoms with E-state index in [0.717, 1.165) is 10.9 Å². The largest absolute Gasteiger partial charge is 0.422 e. The van der Waals surface area contributed by atoms with Crippen LogP contribution in [0, 0.1) is 0 Å². The molecule has 2 aromatic rings. The van der Waals surface area contributed by atoms with E-state index in [-0.39, 0.29) is 0 Å². The third kappa shape index (κ3) is 2.22. The zero-order chi connectivity index (χ0) is 12.4. The molecule has 0 aliphatic rings. The van der Waals surface area contributed by atoms with Crippen LogP contribution in [0.15, 0.2) is 30.6 Å². The summed E-state index contributed by atoms with van der Waals surface area (Å²) < 4.78 is 41.1. The van der Waals surface area contributed by atoms with Crippen molar-refractivity contribution < 1.29 is 22.7 Å². The van der Waals surface area contributed by atoms with Gasteiger partial charge < -0.3 is 4.74 Å². The first-order valence-corrected chi connectivity index (χ1v) is 4.65. The summed E-state index contributed by atoms with van der Waals surface area (Å²) in [4.78, 5) is 15.2. The number of carbonyl (C=O) groups excluding carboxylic acids is 1. The number of aromatic nitrogens is 2. The maximum atomic E-state index is 12.5. The third-order valence-corrected chi connectivity index (χ3v) is 2.06. The van der Waals surface area contributed by atoms with E-state index in [0.29, 0.717) is 11.0 Å². The molecule has 7 heteroatoms. The van der Waals surface area contributed by atoms with E-state index in [4.69, 9.17) is 0 Å². The number of rotatable bonds is 2. The van der Waals surface area contributed by atoms with Crippen molar-refractivity contribution in [3.63, 3.8) is 0 Å². The fourth-order valence-corrected chi connectivity index (χ4v) is 1.31. The number of alkyl halides is 3. The van der Waals surface area contributed by atoms with Crippen molar-refractivity contribution in [3.05, 3.63) is 30.6 Å². The van der Waals surface area contributed by atoms with Gasteiger partial charge in [-0.1, -0.05) is 12.1 Å². The Morgan fingerprint density at radius 2 is 2.00 bits per heavy atom. The number of carbonyl (C=O) groups is 1. The van der Waals surface area contributed by atoms with Crippen molar-refractivity contribution in [1.82, 2.24) is 9.55 Å². The first kappa shape index (κ1) is 11.4. The van der Waals surface area contributed by atoms with Crippen LogP contribution in [0.25, 0.3) is 11.0 Å². The van der Waals surface area contributed by atoms with Crippen LogP contribution in [-0.4, -0.2) is 28.4 Å². The van der Waals surface area contributed by atoms with Gasteiger partial charge in [0.15, 0.2) is 0 Å². The number of hydrogen-bond acceptors (Lipinski definition) is 3. The highest BCUT2D eigenvalue weighted by molar-refractivity contribution is 5.86. The standard InChI is InChI=1S/C10H7F3N2O2/c11-8(12)9(13)17-10(16)15-5-14-6-3-1-2-4-7(6)15/h1-5,8-9H. The molecule has 1 aromatic carbocycles. The van der Waals surface area contributed by atoms with E-state index in [9.17, 15) is 18.0 Å². The van der Waals surface area contributed by atoms with E-state index < -0.39 is 18.9 Å². The van der Waals surface area contributed by atoms with Gasteiger partial charge in [-0.15, -0.1) is 0 Å². The van der Waals surface area contributed by atoms with E-state index >= 15 is 0 Å². The third-order valence-electron chi connectivity index (χ3n) is 2.06. The summed E-state index contributed by atoms with van der Waals surface area (Å²) in [6.45, 7) is 0. The van der Waals surface area contributed by atoms with Crippen molar-refractivity contribution in [1.29, 1.82) is 0 Å².